The van der Waals surface area contributed by atoms with E-state index in [0.717, 1.165) is 12.1 Å². The monoisotopic (exact) mass is 387 g/mol. The summed E-state index contributed by atoms with van der Waals surface area (Å²) >= 11 is 0. The molecule has 28 heavy (non-hydrogen) atoms. The van der Waals surface area contributed by atoms with Crippen LogP contribution in [0, 0.1) is 11.6 Å². The van der Waals surface area contributed by atoms with Crippen molar-refractivity contribution in [3.8, 4) is 0 Å². The maximum atomic E-state index is 13.5. The van der Waals surface area contributed by atoms with Crippen molar-refractivity contribution in [2.75, 3.05) is 11.9 Å². The van der Waals surface area contributed by atoms with Gasteiger partial charge in [0.2, 0.25) is 5.43 Å². The molecule has 0 aliphatic heterocycles. The largest absolute Gasteiger partial charge is 0.456 e. The van der Waals surface area contributed by atoms with Crippen LogP contribution in [0.5, 0.6) is 0 Å². The second-order valence-corrected chi connectivity index (χ2v) is 5.83. The van der Waals surface area contributed by atoms with Crippen LogP contribution >= 0.6 is 0 Å². The van der Waals surface area contributed by atoms with Gasteiger partial charge >= 0.3 is 5.97 Å². The number of nitrogens with zero attached hydrogens (tertiary/aromatic N) is 2. The average Bonchev–Trinajstić information content (AvgIpc) is 2.68. The number of rotatable bonds is 6. The predicted octanol–water partition coefficient (Wildman–Crippen LogP) is 2.25. The van der Waals surface area contributed by atoms with Crippen LogP contribution in [0.2, 0.25) is 0 Å². The van der Waals surface area contributed by atoms with Crippen molar-refractivity contribution in [1.29, 1.82) is 0 Å². The van der Waals surface area contributed by atoms with Gasteiger partial charge in [-0.1, -0.05) is 12.1 Å². The van der Waals surface area contributed by atoms with E-state index in [0.29, 0.717) is 17.0 Å². The van der Waals surface area contributed by atoms with E-state index in [9.17, 15) is 23.2 Å². The van der Waals surface area contributed by atoms with Crippen LogP contribution in [0.25, 0.3) is 10.9 Å². The van der Waals surface area contributed by atoms with Gasteiger partial charge in [-0.3, -0.25) is 19.1 Å². The number of aromatic nitrogens is 2. The number of carbonyl (C=O) groups excluding carboxylic acids is 2. The van der Waals surface area contributed by atoms with Crippen molar-refractivity contribution >= 4 is 28.5 Å². The lowest BCUT2D eigenvalue weighted by atomic mass is 10.2. The molecule has 1 amide bonds. The highest BCUT2D eigenvalue weighted by Crippen LogP contribution is 2.14. The molecule has 0 saturated heterocycles. The van der Waals surface area contributed by atoms with Crippen molar-refractivity contribution in [2.45, 2.75) is 13.0 Å². The molecule has 0 atom stereocenters. The smallest absolute Gasteiger partial charge is 0.308 e. The zero-order valence-corrected chi connectivity index (χ0v) is 14.5. The fourth-order valence-electron chi connectivity index (χ4n) is 2.53. The van der Waals surface area contributed by atoms with Gasteiger partial charge in [0, 0.05) is 11.5 Å². The van der Waals surface area contributed by atoms with Crippen LogP contribution in [0.1, 0.15) is 6.42 Å². The van der Waals surface area contributed by atoms with Crippen LogP contribution in [0.3, 0.4) is 0 Å². The van der Waals surface area contributed by atoms with E-state index in [1.165, 1.54) is 10.9 Å². The number of amides is 1. The van der Waals surface area contributed by atoms with Crippen LogP contribution in [0.4, 0.5) is 14.5 Å². The molecule has 0 bridgehead atoms. The van der Waals surface area contributed by atoms with Crippen molar-refractivity contribution < 1.29 is 23.1 Å². The van der Waals surface area contributed by atoms with Crippen LogP contribution in [-0.4, -0.2) is 28.3 Å². The third-order valence-corrected chi connectivity index (χ3v) is 3.86. The fourth-order valence-corrected chi connectivity index (χ4v) is 2.53. The lowest BCUT2D eigenvalue weighted by Crippen LogP contribution is -2.22. The summed E-state index contributed by atoms with van der Waals surface area (Å²) in [5.41, 5.74) is 0.137. The number of nitrogens with one attached hydrogen (secondary N) is 1. The second kappa shape index (κ2) is 8.38. The summed E-state index contributed by atoms with van der Waals surface area (Å²) in [5.74, 6) is -3.13. The SMILES string of the molecule is O=C(COC(=O)CCn1ncc(=O)c2ccccc21)Nc1ccc(F)cc1F. The van der Waals surface area contributed by atoms with Crippen molar-refractivity contribution in [2.24, 2.45) is 0 Å². The molecular formula is C19H15F2N3O4. The molecule has 1 N–H and O–H groups in total. The number of aryl methyl sites for hydroxylation is 1. The molecule has 1 heterocycles. The van der Waals surface area contributed by atoms with Gasteiger partial charge in [0.1, 0.15) is 11.6 Å². The highest BCUT2D eigenvalue weighted by atomic mass is 19.1. The van der Waals surface area contributed by atoms with Gasteiger partial charge in [-0.05, 0) is 24.3 Å². The maximum absolute atomic E-state index is 13.5. The van der Waals surface area contributed by atoms with E-state index in [2.05, 4.69) is 10.4 Å². The van der Waals surface area contributed by atoms with Crippen molar-refractivity contribution in [3.05, 3.63) is 70.5 Å². The summed E-state index contributed by atoms with van der Waals surface area (Å²) in [6.07, 6.45) is 1.08. The molecule has 3 aromatic rings. The highest BCUT2D eigenvalue weighted by Gasteiger charge is 2.12. The predicted molar refractivity (Wildman–Crippen MR) is 96.6 cm³/mol. The summed E-state index contributed by atoms with van der Waals surface area (Å²) in [4.78, 5) is 35.4. The Bertz CT molecular complexity index is 1100. The summed E-state index contributed by atoms with van der Waals surface area (Å²) in [5, 5.41) is 6.66. The Labute approximate surface area is 157 Å². The Morgan fingerprint density at radius 1 is 1.14 bits per heavy atom. The van der Waals surface area contributed by atoms with E-state index in [1.807, 2.05) is 0 Å². The first-order valence-electron chi connectivity index (χ1n) is 8.29. The van der Waals surface area contributed by atoms with E-state index >= 15 is 0 Å². The molecule has 0 unspecified atom stereocenters. The minimum atomic E-state index is -0.934. The van der Waals surface area contributed by atoms with Gasteiger partial charge in [-0.15, -0.1) is 0 Å². The number of carbonyl (C=O) groups is 2. The van der Waals surface area contributed by atoms with Gasteiger partial charge in [0.05, 0.1) is 30.4 Å². The van der Waals surface area contributed by atoms with Crippen LogP contribution in [-0.2, 0) is 20.9 Å². The standard InChI is InChI=1S/C19H15F2N3O4/c20-12-5-6-15(14(21)9-12)23-18(26)11-28-19(27)7-8-24-16-4-2-1-3-13(16)17(25)10-22-24/h1-6,9-10H,7-8,11H2,(H,23,26). The molecule has 9 heteroatoms. The number of esters is 1. The van der Waals surface area contributed by atoms with E-state index in [1.54, 1.807) is 24.3 Å². The molecule has 3 rings (SSSR count). The highest BCUT2D eigenvalue weighted by molar-refractivity contribution is 5.92. The van der Waals surface area contributed by atoms with Gasteiger partial charge in [-0.2, -0.15) is 5.10 Å². The van der Waals surface area contributed by atoms with E-state index in [-0.39, 0.29) is 24.1 Å². The normalized spacial score (nSPS) is 10.6. The zero-order chi connectivity index (χ0) is 20.1. The second-order valence-electron chi connectivity index (χ2n) is 5.83. The molecule has 1 aromatic heterocycles. The number of benzene rings is 2. The number of para-hydroxylation sites is 1. The first kappa shape index (κ1) is 19.2. The number of hydrogen-bond acceptors (Lipinski definition) is 5. The first-order valence-corrected chi connectivity index (χ1v) is 8.29. The zero-order valence-electron chi connectivity index (χ0n) is 14.5. The Morgan fingerprint density at radius 2 is 1.93 bits per heavy atom. The van der Waals surface area contributed by atoms with Gasteiger partial charge < -0.3 is 10.1 Å². The Kier molecular flexibility index (Phi) is 5.73. The molecule has 0 fully saturated rings. The summed E-state index contributed by atoms with van der Waals surface area (Å²) in [7, 11) is 0. The average molecular weight is 387 g/mol. The summed E-state index contributed by atoms with van der Waals surface area (Å²) in [6, 6.07) is 9.53. The Balaban J connectivity index is 1.53. The maximum Gasteiger partial charge on any atom is 0.308 e. The molecule has 0 aliphatic rings. The van der Waals surface area contributed by atoms with E-state index in [4.69, 9.17) is 4.74 Å². The number of hydrogen-bond donors (Lipinski definition) is 1. The van der Waals surface area contributed by atoms with Crippen molar-refractivity contribution in [1.82, 2.24) is 9.78 Å². The van der Waals surface area contributed by atoms with E-state index < -0.39 is 30.1 Å². The van der Waals surface area contributed by atoms with Crippen molar-refractivity contribution in [3.63, 3.8) is 0 Å². The van der Waals surface area contributed by atoms with Gasteiger partial charge in [0.15, 0.2) is 6.61 Å². The van der Waals surface area contributed by atoms with Crippen LogP contribution < -0.4 is 10.7 Å². The Morgan fingerprint density at radius 3 is 2.71 bits per heavy atom. The summed E-state index contributed by atoms with van der Waals surface area (Å²) < 4.78 is 32.7. The lowest BCUT2D eigenvalue weighted by molar-refractivity contribution is -0.147. The van der Waals surface area contributed by atoms with Gasteiger partial charge in [-0.25, -0.2) is 8.78 Å². The number of ether oxygens (including phenoxy) is 1. The molecule has 144 valence electrons. The number of halogens is 2. The van der Waals surface area contributed by atoms with Crippen LogP contribution in [0.15, 0.2) is 53.5 Å². The minimum Gasteiger partial charge on any atom is -0.456 e. The third kappa shape index (κ3) is 4.56. The molecular weight excluding hydrogens is 372 g/mol. The third-order valence-electron chi connectivity index (χ3n) is 3.86. The lowest BCUT2D eigenvalue weighted by Gasteiger charge is -2.10. The van der Waals surface area contributed by atoms with Gasteiger partial charge in [0.25, 0.3) is 5.91 Å². The fraction of sp³-hybridized carbons (Fsp3) is 0.158. The summed E-state index contributed by atoms with van der Waals surface area (Å²) in [6.45, 7) is -0.470. The molecule has 0 radical (unpaired) electrons. The quantitative estimate of drug-likeness (QED) is 0.655. The molecule has 7 nitrogen and oxygen atoms in total. The first-order chi connectivity index (χ1) is 13.4. The number of fused-ring (bicyclic) bond motifs is 1. The molecule has 0 saturated carbocycles. The number of anilines is 1. The molecule has 2 aromatic carbocycles. The molecule has 0 spiro atoms. The topological polar surface area (TPSA) is 90.3 Å². The minimum absolute atomic E-state index is 0.0853. The Hall–Kier alpha value is -3.62. The molecule has 0 aliphatic carbocycles.